The number of hydrogen-bond donors (Lipinski definition) is 3. The smallest absolute Gasteiger partial charge is 0.481 e. The number of carbonyl (C=O) groups excluding carboxylic acids is 4. The number of aromatic amines is 2. The number of fused-ring (bicyclic) bond motifs is 4. The number of carboxylic acids is 1. The predicted molar refractivity (Wildman–Crippen MR) is 280 cm³/mol. The number of aromatic nitrogens is 4. The topological polar surface area (TPSA) is 181 Å². The van der Waals surface area contributed by atoms with E-state index in [1.54, 1.807) is 74.7 Å². The number of hydrogen-bond acceptors (Lipinski definition) is 8. The van der Waals surface area contributed by atoms with Crippen molar-refractivity contribution >= 4 is 73.8 Å². The summed E-state index contributed by atoms with van der Waals surface area (Å²) >= 11 is 0. The number of esters is 3. The van der Waals surface area contributed by atoms with Crippen LogP contribution in [0.15, 0.2) is 128 Å². The largest absolute Gasteiger partial charge is 0.737 e. The normalized spacial score (nSPS) is 15.3. The van der Waals surface area contributed by atoms with E-state index in [0.29, 0.717) is 52.0 Å². The Morgan fingerprint density at radius 3 is 1.64 bits per heavy atom. The molecule has 4 aromatic rings. The first kappa shape index (κ1) is 58.4. The molecule has 0 amide bonds. The number of carboxylic acid groups (broad SMARTS) is 1. The molecule has 0 saturated carbocycles. The molecule has 0 spiro atoms. The second kappa shape index (κ2) is 27.0. The Morgan fingerprint density at radius 1 is 0.730 bits per heavy atom. The molecular weight excluding hydrogens is 962 g/mol. The Labute approximate surface area is 427 Å². The van der Waals surface area contributed by atoms with Crippen LogP contribution < -0.4 is 0 Å². The van der Waals surface area contributed by atoms with Crippen LogP contribution in [0.5, 0.6) is 0 Å². The fraction of sp³-hybridized carbons (Fsp3) is 0.264. The summed E-state index contributed by atoms with van der Waals surface area (Å²) in [6.45, 7) is 5.05. The molecule has 0 atom stereocenters. The fourth-order valence-electron chi connectivity index (χ4n) is 8.45. The predicted octanol–water partition coefficient (Wildman–Crippen LogP) is 9.42. The number of allylic oxidation sites excluding steroid dienone is 8. The van der Waals surface area contributed by atoms with E-state index in [4.69, 9.17) is 5.11 Å². The first-order chi connectivity index (χ1) is 35.3. The van der Waals surface area contributed by atoms with Gasteiger partial charge in [0, 0.05) is 90.5 Å². The molecule has 4 aromatic heterocycles. The van der Waals surface area contributed by atoms with Crippen molar-refractivity contribution in [3.63, 3.8) is 0 Å². The summed E-state index contributed by atoms with van der Waals surface area (Å²) in [5.41, 5.74) is 8.28. The molecule has 74 heavy (non-hydrogen) atoms. The van der Waals surface area contributed by atoms with E-state index in [0.717, 1.165) is 65.1 Å². The Kier molecular flexibility index (Phi) is 21.3. The number of aryl methyl sites for hydroxylation is 5. The van der Waals surface area contributed by atoms with Crippen molar-refractivity contribution in [3.05, 3.63) is 173 Å². The molecule has 392 valence electrons. The molecule has 3 N–H and O–H groups in total. The van der Waals surface area contributed by atoms with Crippen molar-refractivity contribution in [2.75, 3.05) is 21.3 Å². The lowest BCUT2D eigenvalue weighted by atomic mass is 9.90. The second-order valence-electron chi connectivity index (χ2n) is 16.9. The van der Waals surface area contributed by atoms with Gasteiger partial charge in [-0.15, -0.1) is 13.2 Å². The van der Waals surface area contributed by atoms with Gasteiger partial charge in [0.25, 0.3) is 0 Å². The summed E-state index contributed by atoms with van der Waals surface area (Å²) in [5.74, 6) is -1.91. The van der Waals surface area contributed by atoms with Crippen LogP contribution in [0, 0.1) is 27.7 Å². The van der Waals surface area contributed by atoms with Crippen LogP contribution in [-0.4, -0.2) is 110 Å². The molecule has 9 rings (SSSR count). The third-order valence-electron chi connectivity index (χ3n) is 11.9. The molecule has 0 saturated heterocycles. The molecule has 0 aromatic carbocycles. The van der Waals surface area contributed by atoms with Crippen LogP contribution in [0.4, 0.5) is 17.3 Å². The quantitative estimate of drug-likeness (QED) is 0.0237. The average molecular weight is 1020 g/mol. The van der Waals surface area contributed by atoms with Gasteiger partial charge in [-0.05, 0) is 111 Å². The number of halogens is 4. The standard InChI is InChI=1S/C15H17BF2N2O2.C14H15BF2N2O2.C8H11NO2.C8H9NO2.C6H6O.C2H4/c1-10-8-11(2)19-14(10)9-13-5-4-12(6-7-15(21)22-3)20(13)16(19,17)18;1-9-7-10(2)18-13(9)8-12-4-3-11(5-6-14(20)21)19(12)15(18,16)17;2*1-11-8(10)5-4-7-3-2-6-9-7;7-5-6-3-1-2-4-6;1-2/h4-5,8-9H,6-7H2,1-3H3;3-4,7-8H,5-6H2,1-2H3,(H,20,21);2-3,6,9H,4-5H2,1H3;2-6,9H,1H3;1-3,5H,4H2;1-2H2/b;;;5-4+;;. The van der Waals surface area contributed by atoms with E-state index in [2.05, 4.69) is 37.3 Å². The number of carbonyl (C=O) groups is 5. The van der Waals surface area contributed by atoms with E-state index < -0.39 is 25.9 Å². The molecule has 5 aliphatic rings. The van der Waals surface area contributed by atoms with Gasteiger partial charge < -0.3 is 64.5 Å². The molecule has 0 radical (unpaired) electrons. The Balaban J connectivity index is 0.000000210. The summed E-state index contributed by atoms with van der Waals surface area (Å²) in [6.07, 6.45) is 25.5. The fourth-order valence-corrected chi connectivity index (χ4v) is 8.45. The molecule has 15 nitrogen and oxygen atoms in total. The van der Waals surface area contributed by atoms with Gasteiger partial charge in [-0.3, -0.25) is 19.2 Å². The lowest BCUT2D eigenvalue weighted by Gasteiger charge is -2.30. The molecule has 0 bridgehead atoms. The first-order valence-corrected chi connectivity index (χ1v) is 23.5. The lowest BCUT2D eigenvalue weighted by molar-refractivity contribution is -0.363. The van der Waals surface area contributed by atoms with Crippen molar-refractivity contribution in [3.8, 4) is 0 Å². The molecule has 0 fully saturated rings. The van der Waals surface area contributed by atoms with Crippen LogP contribution in [0.25, 0.3) is 18.2 Å². The molecule has 1 aliphatic carbocycles. The van der Waals surface area contributed by atoms with E-state index >= 15 is 8.63 Å². The van der Waals surface area contributed by atoms with Gasteiger partial charge in [-0.1, -0.05) is 18.2 Å². The number of methoxy groups -OCH3 is 3. The molecule has 8 heterocycles. The lowest BCUT2D eigenvalue weighted by Crippen LogP contribution is -2.50. The van der Waals surface area contributed by atoms with Crippen LogP contribution in [0.1, 0.15) is 83.8 Å². The molecule has 0 unspecified atom stereocenters. The Morgan fingerprint density at radius 2 is 1.23 bits per heavy atom. The minimum absolute atomic E-state index is 0.0860. The Hall–Kier alpha value is -8.22. The summed E-state index contributed by atoms with van der Waals surface area (Å²) in [5, 5.41) is 8.75. The van der Waals surface area contributed by atoms with Crippen molar-refractivity contribution in [1.29, 1.82) is 0 Å². The third kappa shape index (κ3) is 14.7. The average Bonchev–Trinajstić information content (AvgIpc) is 4.25. The van der Waals surface area contributed by atoms with Crippen molar-refractivity contribution in [2.24, 2.45) is 0 Å². The highest BCUT2D eigenvalue weighted by molar-refractivity contribution is 6.58. The maximum Gasteiger partial charge on any atom is 0.737 e. The van der Waals surface area contributed by atoms with Crippen LogP contribution in [0.2, 0.25) is 0 Å². The van der Waals surface area contributed by atoms with Gasteiger partial charge in [0.2, 0.25) is 0 Å². The van der Waals surface area contributed by atoms with Gasteiger partial charge in [0.15, 0.2) is 11.4 Å². The highest BCUT2D eigenvalue weighted by atomic mass is 19.3. The maximum atomic E-state index is 15.0. The Bertz CT molecular complexity index is 2970. The van der Waals surface area contributed by atoms with E-state index in [9.17, 15) is 32.6 Å². The number of ether oxygens (including phenoxy) is 3. The second-order valence-corrected chi connectivity index (χ2v) is 16.9. The van der Waals surface area contributed by atoms with E-state index in [1.165, 1.54) is 27.4 Å². The maximum absolute atomic E-state index is 15.0. The number of aldehydes is 1. The molecule has 21 heteroatoms. The number of nitrogens with zero attached hydrogens (tertiary/aromatic N) is 4. The molecular formula is C53H62B2F4N6O9. The summed E-state index contributed by atoms with van der Waals surface area (Å²) in [6, 6.07) is 11.1. The van der Waals surface area contributed by atoms with Crippen LogP contribution >= 0.6 is 0 Å². The SMILES string of the molecule is C=C.COC(=O)/C=C/c1ccc[nH]1.COC(=O)CCC1=[N+]2C(=Cc3c(C)cc(C)n3[B-]2(F)F)C=C1.COC(=O)CCc1ccc[nH]1.Cc1cc(C)n2c1C=C1C=CC(CCC(=O)O)=[N+]1[B-]2(F)F.O=CC1=CC=CC1. The minimum atomic E-state index is -3.98. The minimum Gasteiger partial charge on any atom is -0.481 e. The number of aliphatic carboxylic acids is 1. The van der Waals surface area contributed by atoms with Crippen molar-refractivity contribution in [1.82, 2.24) is 18.9 Å². The van der Waals surface area contributed by atoms with Crippen molar-refractivity contribution < 1.29 is 69.5 Å². The van der Waals surface area contributed by atoms with E-state index in [1.807, 2.05) is 62.5 Å². The zero-order valence-electron chi connectivity index (χ0n) is 42.6. The van der Waals surface area contributed by atoms with Gasteiger partial charge >= 0.3 is 37.8 Å². The number of nitrogens with one attached hydrogen (secondary N) is 2. The summed E-state index contributed by atoms with van der Waals surface area (Å²) < 4.78 is 77.5. The van der Waals surface area contributed by atoms with Crippen LogP contribution in [0.3, 0.4) is 0 Å². The van der Waals surface area contributed by atoms with Gasteiger partial charge in [0.05, 0.1) is 40.6 Å². The summed E-state index contributed by atoms with van der Waals surface area (Å²) in [4.78, 5) is 59.0. The highest BCUT2D eigenvalue weighted by Gasteiger charge is 2.53. The molecule has 4 aliphatic heterocycles. The highest BCUT2D eigenvalue weighted by Crippen LogP contribution is 2.36. The van der Waals surface area contributed by atoms with Gasteiger partial charge in [-0.2, -0.15) is 0 Å². The van der Waals surface area contributed by atoms with E-state index in [-0.39, 0.29) is 37.6 Å². The van der Waals surface area contributed by atoms with Crippen LogP contribution in [-0.2, 0) is 44.6 Å². The third-order valence-corrected chi connectivity index (χ3v) is 11.9. The monoisotopic (exact) mass is 1020 g/mol. The summed E-state index contributed by atoms with van der Waals surface area (Å²) in [7, 11) is 4.04. The first-order valence-electron chi connectivity index (χ1n) is 23.5. The van der Waals surface area contributed by atoms with Crippen molar-refractivity contribution in [2.45, 2.75) is 72.6 Å². The van der Waals surface area contributed by atoms with Gasteiger partial charge in [-0.25, -0.2) is 4.79 Å². The zero-order chi connectivity index (χ0) is 54.8. The number of rotatable bonds is 12. The number of H-pyrrole nitrogens is 2. The van der Waals surface area contributed by atoms with Gasteiger partial charge in [0.1, 0.15) is 17.7 Å². The zero-order valence-corrected chi connectivity index (χ0v) is 42.6.